The molecule has 25 heavy (non-hydrogen) atoms. The van der Waals surface area contributed by atoms with Gasteiger partial charge < -0.3 is 10.2 Å². The van der Waals surface area contributed by atoms with Crippen LogP contribution >= 0.6 is 0 Å². The van der Waals surface area contributed by atoms with E-state index >= 15 is 0 Å². The monoisotopic (exact) mass is 345 g/mol. The van der Waals surface area contributed by atoms with E-state index in [1.807, 2.05) is 0 Å². The van der Waals surface area contributed by atoms with Gasteiger partial charge in [0, 0.05) is 11.8 Å². The van der Waals surface area contributed by atoms with Gasteiger partial charge in [0.15, 0.2) is 11.6 Å². The summed E-state index contributed by atoms with van der Waals surface area (Å²) in [6.45, 7) is -0.619. The normalized spacial score (nSPS) is 9.76. The fraction of sp³-hybridized carbons (Fsp3) is 0.143. The van der Waals surface area contributed by atoms with Crippen molar-refractivity contribution in [2.45, 2.75) is 0 Å². The molecule has 1 aromatic heterocycles. The predicted octanol–water partition coefficient (Wildman–Crippen LogP) is 2.26. The van der Waals surface area contributed by atoms with Crippen molar-refractivity contribution in [2.24, 2.45) is 0 Å². The van der Waals surface area contributed by atoms with Crippen LogP contribution in [0.5, 0.6) is 0 Å². The molecule has 126 valence electrons. The SMILES string of the molecule is N#CCN(CC#N)c1ncnc(Nc2ccc(F)c(F)c2)c1[N+](=O)[O-]. The second kappa shape index (κ2) is 7.61. The third kappa shape index (κ3) is 3.92. The molecule has 0 unspecified atom stereocenters. The minimum absolute atomic E-state index is 0.0266. The molecule has 0 bridgehead atoms. The zero-order valence-electron chi connectivity index (χ0n) is 12.5. The second-order valence-electron chi connectivity index (χ2n) is 4.58. The molecule has 1 heterocycles. The van der Waals surface area contributed by atoms with E-state index in [-0.39, 0.29) is 30.4 Å². The highest BCUT2D eigenvalue weighted by atomic mass is 19.2. The molecule has 0 atom stereocenters. The average molecular weight is 345 g/mol. The summed E-state index contributed by atoms with van der Waals surface area (Å²) < 4.78 is 26.3. The van der Waals surface area contributed by atoms with Gasteiger partial charge in [-0.3, -0.25) is 10.1 Å². The number of benzene rings is 1. The van der Waals surface area contributed by atoms with E-state index < -0.39 is 22.2 Å². The molecule has 0 aliphatic heterocycles. The molecule has 1 aromatic carbocycles. The van der Waals surface area contributed by atoms with Crippen LogP contribution in [0, 0.1) is 44.4 Å². The van der Waals surface area contributed by atoms with Crippen molar-refractivity contribution in [1.29, 1.82) is 10.5 Å². The van der Waals surface area contributed by atoms with E-state index in [0.29, 0.717) is 0 Å². The summed E-state index contributed by atoms with van der Waals surface area (Å²) in [5.41, 5.74) is -0.573. The van der Waals surface area contributed by atoms with Crippen LogP contribution in [-0.2, 0) is 0 Å². The average Bonchev–Trinajstić information content (AvgIpc) is 2.57. The van der Waals surface area contributed by atoms with Crippen LogP contribution in [0.25, 0.3) is 0 Å². The molecule has 0 aliphatic rings. The number of anilines is 3. The highest BCUT2D eigenvalue weighted by molar-refractivity contribution is 5.74. The van der Waals surface area contributed by atoms with Gasteiger partial charge in [-0.25, -0.2) is 18.7 Å². The summed E-state index contributed by atoms with van der Waals surface area (Å²) in [6.07, 6.45) is 0.992. The molecule has 0 aliphatic carbocycles. The molecule has 0 fully saturated rings. The summed E-state index contributed by atoms with van der Waals surface area (Å²) >= 11 is 0. The molecule has 0 spiro atoms. The topological polar surface area (TPSA) is 132 Å². The van der Waals surface area contributed by atoms with E-state index in [9.17, 15) is 18.9 Å². The lowest BCUT2D eigenvalue weighted by Crippen LogP contribution is -2.26. The molecule has 0 saturated heterocycles. The number of hydrogen-bond donors (Lipinski definition) is 1. The number of aromatic nitrogens is 2. The molecule has 0 amide bonds. The summed E-state index contributed by atoms with van der Waals surface area (Å²) in [5, 5.41) is 31.6. The Kier molecular flexibility index (Phi) is 5.32. The Morgan fingerprint density at radius 2 is 1.88 bits per heavy atom. The first kappa shape index (κ1) is 17.5. The minimum atomic E-state index is -1.14. The van der Waals surface area contributed by atoms with Gasteiger partial charge in [-0.1, -0.05) is 0 Å². The fourth-order valence-electron chi connectivity index (χ4n) is 1.95. The fourth-order valence-corrected chi connectivity index (χ4v) is 1.95. The van der Waals surface area contributed by atoms with E-state index in [0.717, 1.165) is 23.4 Å². The minimum Gasteiger partial charge on any atom is -0.334 e. The number of hydrogen-bond acceptors (Lipinski definition) is 8. The lowest BCUT2D eigenvalue weighted by Gasteiger charge is -2.17. The number of halogens is 2. The van der Waals surface area contributed by atoms with Crippen LogP contribution in [-0.4, -0.2) is 28.0 Å². The van der Waals surface area contributed by atoms with Crippen molar-refractivity contribution in [2.75, 3.05) is 23.3 Å². The number of rotatable bonds is 6. The van der Waals surface area contributed by atoms with Gasteiger partial charge in [0.25, 0.3) is 0 Å². The smallest absolute Gasteiger partial charge is 0.334 e. The van der Waals surface area contributed by atoms with Crippen LogP contribution in [0.4, 0.5) is 31.8 Å². The number of nitriles is 2. The van der Waals surface area contributed by atoms with Crippen molar-refractivity contribution in [3.05, 3.63) is 46.3 Å². The molecule has 0 saturated carbocycles. The van der Waals surface area contributed by atoms with Crippen LogP contribution in [0.1, 0.15) is 0 Å². The maximum Gasteiger partial charge on any atom is 0.353 e. The molecule has 9 nitrogen and oxygen atoms in total. The Bertz CT molecular complexity index is 876. The Morgan fingerprint density at radius 1 is 1.20 bits per heavy atom. The Balaban J connectivity index is 2.50. The van der Waals surface area contributed by atoms with Gasteiger partial charge in [0.1, 0.15) is 19.4 Å². The second-order valence-corrected chi connectivity index (χ2v) is 4.58. The van der Waals surface area contributed by atoms with Crippen molar-refractivity contribution in [3.8, 4) is 12.1 Å². The standard InChI is InChI=1S/C14H9F2N7O2/c15-10-2-1-9(7-11(10)16)21-13-12(23(24)25)14(20-8-19-13)22(5-3-17)6-4-18/h1-2,7-8H,5-6H2,(H,19,20,21). The molecular formula is C14H9F2N7O2. The maximum absolute atomic E-state index is 13.3. The summed E-state index contributed by atoms with van der Waals surface area (Å²) in [7, 11) is 0. The molecular weight excluding hydrogens is 336 g/mol. The highest BCUT2D eigenvalue weighted by Crippen LogP contribution is 2.33. The van der Waals surface area contributed by atoms with Gasteiger partial charge in [-0.05, 0) is 12.1 Å². The molecule has 11 heteroatoms. The number of nitro groups is 1. The summed E-state index contributed by atoms with van der Waals surface area (Å²) in [6, 6.07) is 6.39. The summed E-state index contributed by atoms with van der Waals surface area (Å²) in [4.78, 5) is 19.2. The largest absolute Gasteiger partial charge is 0.353 e. The third-order valence-corrected chi connectivity index (χ3v) is 2.99. The Hall–Kier alpha value is -3.86. The Labute approximate surface area is 139 Å². The van der Waals surface area contributed by atoms with Crippen molar-refractivity contribution < 1.29 is 13.7 Å². The first-order valence-electron chi connectivity index (χ1n) is 6.68. The number of nitrogens with zero attached hydrogens (tertiary/aromatic N) is 6. The van der Waals surface area contributed by atoms with Crippen LogP contribution in [0.3, 0.4) is 0 Å². The van der Waals surface area contributed by atoms with E-state index in [1.54, 1.807) is 12.1 Å². The van der Waals surface area contributed by atoms with Gasteiger partial charge in [0.05, 0.1) is 17.1 Å². The molecule has 1 N–H and O–H groups in total. The third-order valence-electron chi connectivity index (χ3n) is 2.99. The maximum atomic E-state index is 13.3. The van der Waals surface area contributed by atoms with Gasteiger partial charge in [-0.2, -0.15) is 10.5 Å². The lowest BCUT2D eigenvalue weighted by atomic mass is 10.3. The van der Waals surface area contributed by atoms with Crippen LogP contribution < -0.4 is 10.2 Å². The van der Waals surface area contributed by atoms with Crippen molar-refractivity contribution in [1.82, 2.24) is 9.97 Å². The Morgan fingerprint density at radius 3 is 2.44 bits per heavy atom. The van der Waals surface area contributed by atoms with Gasteiger partial charge in [0.2, 0.25) is 11.6 Å². The molecule has 2 aromatic rings. The summed E-state index contributed by atoms with van der Waals surface area (Å²) in [5.74, 6) is -2.75. The number of nitrogens with one attached hydrogen (secondary N) is 1. The zero-order chi connectivity index (χ0) is 18.4. The zero-order valence-corrected chi connectivity index (χ0v) is 12.5. The van der Waals surface area contributed by atoms with E-state index in [4.69, 9.17) is 10.5 Å². The first-order chi connectivity index (χ1) is 12.0. The van der Waals surface area contributed by atoms with Crippen LogP contribution in [0.15, 0.2) is 24.5 Å². The van der Waals surface area contributed by atoms with Gasteiger partial charge in [-0.15, -0.1) is 0 Å². The van der Waals surface area contributed by atoms with Crippen molar-refractivity contribution >= 4 is 23.0 Å². The van der Waals surface area contributed by atoms with Crippen LogP contribution in [0.2, 0.25) is 0 Å². The van der Waals surface area contributed by atoms with E-state index in [1.165, 1.54) is 6.07 Å². The van der Waals surface area contributed by atoms with E-state index in [2.05, 4.69) is 15.3 Å². The highest BCUT2D eigenvalue weighted by Gasteiger charge is 2.27. The lowest BCUT2D eigenvalue weighted by molar-refractivity contribution is -0.383. The van der Waals surface area contributed by atoms with Gasteiger partial charge >= 0.3 is 5.69 Å². The molecule has 2 rings (SSSR count). The predicted molar refractivity (Wildman–Crippen MR) is 81.8 cm³/mol. The molecule has 0 radical (unpaired) electrons. The quantitative estimate of drug-likeness (QED) is 0.479. The first-order valence-corrected chi connectivity index (χ1v) is 6.68. The van der Waals surface area contributed by atoms with Crippen molar-refractivity contribution in [3.63, 3.8) is 0 Å².